The second-order valence-corrected chi connectivity index (χ2v) is 7.52. The van der Waals surface area contributed by atoms with Gasteiger partial charge in [0, 0.05) is 30.7 Å². The SMILES string of the molecule is CC(C)n1ccc([C@@H]2C(C#N)=C(N)OC3=C2C(=O)CC(C)(C)C3)n1. The zero-order valence-corrected chi connectivity index (χ0v) is 14.5. The number of nitrogens with two attached hydrogens (primary N) is 1. The summed E-state index contributed by atoms with van der Waals surface area (Å²) >= 11 is 0. The molecular formula is C18H22N4O2. The Bertz CT molecular complexity index is 805. The Morgan fingerprint density at radius 1 is 1.46 bits per heavy atom. The number of nitriles is 1. The summed E-state index contributed by atoms with van der Waals surface area (Å²) < 4.78 is 7.48. The van der Waals surface area contributed by atoms with Crippen LogP contribution in [0.2, 0.25) is 0 Å². The molecule has 2 N–H and O–H groups in total. The minimum absolute atomic E-state index is 0.00518. The lowest BCUT2D eigenvalue weighted by atomic mass is 9.71. The van der Waals surface area contributed by atoms with Crippen LogP contribution >= 0.6 is 0 Å². The highest BCUT2D eigenvalue weighted by Crippen LogP contribution is 2.47. The van der Waals surface area contributed by atoms with E-state index >= 15 is 0 Å². The van der Waals surface area contributed by atoms with Crippen molar-refractivity contribution in [2.45, 2.75) is 52.5 Å². The molecule has 1 aromatic heterocycles. The standard InChI is InChI=1S/C18H22N4O2/c1-10(2)22-6-5-12(21-22)15-11(9-19)17(20)24-14-8-18(3,4)7-13(23)16(14)15/h5-6,10,15H,7-8,20H2,1-4H3/t15-/m0/s1. The lowest BCUT2D eigenvalue weighted by molar-refractivity contribution is -0.119. The number of ketones is 1. The molecule has 3 rings (SSSR count). The maximum absolute atomic E-state index is 12.8. The molecule has 126 valence electrons. The summed E-state index contributed by atoms with van der Waals surface area (Å²) in [4.78, 5) is 12.8. The van der Waals surface area contributed by atoms with Crippen molar-refractivity contribution >= 4 is 5.78 Å². The molecule has 0 unspecified atom stereocenters. The normalized spacial score (nSPS) is 23.2. The number of allylic oxidation sites excluding steroid dienone is 3. The predicted octanol–water partition coefficient (Wildman–Crippen LogP) is 2.91. The minimum atomic E-state index is -0.539. The molecule has 1 aromatic rings. The van der Waals surface area contributed by atoms with Gasteiger partial charge in [0.05, 0.1) is 11.6 Å². The van der Waals surface area contributed by atoms with Gasteiger partial charge in [0.2, 0.25) is 5.88 Å². The van der Waals surface area contributed by atoms with E-state index in [-0.39, 0.29) is 28.7 Å². The number of Topliss-reactive ketones (excluding diaryl/α,β-unsaturated/α-hetero) is 1. The van der Waals surface area contributed by atoms with Crippen LogP contribution in [0.25, 0.3) is 0 Å². The van der Waals surface area contributed by atoms with Gasteiger partial charge in [-0.05, 0) is 25.3 Å². The van der Waals surface area contributed by atoms with Crippen molar-refractivity contribution in [1.82, 2.24) is 9.78 Å². The summed E-state index contributed by atoms with van der Waals surface area (Å²) in [6.07, 6.45) is 2.90. The number of ether oxygens (including phenoxy) is 1. The summed E-state index contributed by atoms with van der Waals surface area (Å²) in [5.74, 6) is 0.121. The van der Waals surface area contributed by atoms with Gasteiger partial charge in [0.1, 0.15) is 17.4 Å². The van der Waals surface area contributed by atoms with E-state index in [0.29, 0.717) is 29.9 Å². The average Bonchev–Trinajstić information content (AvgIpc) is 2.94. The number of hydrogen-bond acceptors (Lipinski definition) is 5. The number of carbonyl (C=O) groups excluding carboxylic acids is 1. The Balaban J connectivity index is 2.14. The molecule has 2 aliphatic rings. The van der Waals surface area contributed by atoms with E-state index in [4.69, 9.17) is 10.5 Å². The van der Waals surface area contributed by atoms with E-state index in [9.17, 15) is 10.1 Å². The predicted molar refractivity (Wildman–Crippen MR) is 88.3 cm³/mol. The van der Waals surface area contributed by atoms with Crippen LogP contribution in [0.3, 0.4) is 0 Å². The first-order valence-electron chi connectivity index (χ1n) is 8.12. The summed E-state index contributed by atoms with van der Waals surface area (Å²) in [6, 6.07) is 4.15. The topological polar surface area (TPSA) is 93.9 Å². The molecule has 1 aliphatic carbocycles. The van der Waals surface area contributed by atoms with Crippen molar-refractivity contribution in [3.63, 3.8) is 0 Å². The highest BCUT2D eigenvalue weighted by Gasteiger charge is 2.43. The van der Waals surface area contributed by atoms with Crippen molar-refractivity contribution in [2.24, 2.45) is 11.1 Å². The molecular weight excluding hydrogens is 304 g/mol. The van der Waals surface area contributed by atoms with Gasteiger partial charge in [-0.15, -0.1) is 0 Å². The molecule has 0 aromatic carbocycles. The third kappa shape index (κ3) is 2.60. The van der Waals surface area contributed by atoms with Gasteiger partial charge in [-0.1, -0.05) is 13.8 Å². The average molecular weight is 326 g/mol. The number of rotatable bonds is 2. The smallest absolute Gasteiger partial charge is 0.205 e. The molecule has 6 nitrogen and oxygen atoms in total. The molecule has 0 amide bonds. The van der Waals surface area contributed by atoms with Gasteiger partial charge in [0.15, 0.2) is 5.78 Å². The van der Waals surface area contributed by atoms with Crippen LogP contribution in [-0.4, -0.2) is 15.6 Å². The van der Waals surface area contributed by atoms with E-state index in [1.807, 2.05) is 44.6 Å². The third-order valence-electron chi connectivity index (χ3n) is 4.53. The van der Waals surface area contributed by atoms with Crippen molar-refractivity contribution in [3.8, 4) is 6.07 Å². The van der Waals surface area contributed by atoms with E-state index in [2.05, 4.69) is 11.2 Å². The Morgan fingerprint density at radius 3 is 2.75 bits per heavy atom. The molecule has 6 heteroatoms. The van der Waals surface area contributed by atoms with E-state index in [1.165, 1.54) is 0 Å². The third-order valence-corrected chi connectivity index (χ3v) is 4.53. The van der Waals surface area contributed by atoms with E-state index in [1.54, 1.807) is 0 Å². The van der Waals surface area contributed by atoms with E-state index in [0.717, 1.165) is 0 Å². The molecule has 0 bridgehead atoms. The highest BCUT2D eigenvalue weighted by molar-refractivity contribution is 5.99. The molecule has 2 heterocycles. The van der Waals surface area contributed by atoms with Crippen LogP contribution in [0.1, 0.15) is 58.2 Å². The fourth-order valence-electron chi connectivity index (χ4n) is 3.37. The van der Waals surface area contributed by atoms with Crippen molar-refractivity contribution in [1.29, 1.82) is 5.26 Å². The lowest BCUT2D eigenvalue weighted by Gasteiger charge is -2.36. The molecule has 0 saturated carbocycles. The Morgan fingerprint density at radius 2 is 2.17 bits per heavy atom. The van der Waals surface area contributed by atoms with Crippen molar-refractivity contribution in [2.75, 3.05) is 0 Å². The van der Waals surface area contributed by atoms with Crippen LogP contribution in [-0.2, 0) is 9.53 Å². The van der Waals surface area contributed by atoms with Gasteiger partial charge >= 0.3 is 0 Å². The largest absolute Gasteiger partial charge is 0.444 e. The fourth-order valence-corrected chi connectivity index (χ4v) is 3.37. The second kappa shape index (κ2) is 5.52. The highest BCUT2D eigenvalue weighted by atomic mass is 16.5. The summed E-state index contributed by atoms with van der Waals surface area (Å²) in [5.41, 5.74) is 7.26. The minimum Gasteiger partial charge on any atom is -0.444 e. The second-order valence-electron chi connectivity index (χ2n) is 7.52. The van der Waals surface area contributed by atoms with Crippen LogP contribution in [0.4, 0.5) is 0 Å². The number of aromatic nitrogens is 2. The zero-order valence-electron chi connectivity index (χ0n) is 14.5. The lowest BCUT2D eigenvalue weighted by Crippen LogP contribution is -2.33. The maximum atomic E-state index is 12.8. The molecule has 0 saturated heterocycles. The van der Waals surface area contributed by atoms with Crippen LogP contribution in [0, 0.1) is 16.7 Å². The summed E-state index contributed by atoms with van der Waals surface area (Å²) in [6.45, 7) is 8.10. The molecule has 0 radical (unpaired) electrons. The summed E-state index contributed by atoms with van der Waals surface area (Å²) in [5, 5.41) is 14.1. The molecule has 0 fully saturated rings. The molecule has 1 aliphatic heterocycles. The monoisotopic (exact) mass is 326 g/mol. The maximum Gasteiger partial charge on any atom is 0.205 e. The van der Waals surface area contributed by atoms with Gasteiger partial charge in [-0.25, -0.2) is 0 Å². The first-order chi connectivity index (χ1) is 11.2. The van der Waals surface area contributed by atoms with Crippen molar-refractivity contribution in [3.05, 3.63) is 40.7 Å². The molecule has 1 atom stereocenters. The van der Waals surface area contributed by atoms with Crippen molar-refractivity contribution < 1.29 is 9.53 Å². The van der Waals surface area contributed by atoms with Crippen LogP contribution in [0.5, 0.6) is 0 Å². The molecule has 0 spiro atoms. The number of carbonyl (C=O) groups is 1. The van der Waals surface area contributed by atoms with Gasteiger partial charge in [0.25, 0.3) is 0 Å². The summed E-state index contributed by atoms with van der Waals surface area (Å²) in [7, 11) is 0. The zero-order chi connectivity index (χ0) is 17.6. The Kier molecular flexibility index (Phi) is 3.75. The van der Waals surface area contributed by atoms with Crippen LogP contribution in [0.15, 0.2) is 35.1 Å². The van der Waals surface area contributed by atoms with Gasteiger partial charge in [-0.3, -0.25) is 9.48 Å². The van der Waals surface area contributed by atoms with Gasteiger partial charge < -0.3 is 10.5 Å². The Hall–Kier alpha value is -2.55. The first kappa shape index (κ1) is 16.3. The van der Waals surface area contributed by atoms with Gasteiger partial charge in [-0.2, -0.15) is 10.4 Å². The van der Waals surface area contributed by atoms with E-state index < -0.39 is 5.92 Å². The quantitative estimate of drug-likeness (QED) is 0.901. The van der Waals surface area contributed by atoms with Crippen LogP contribution < -0.4 is 5.73 Å². The fraction of sp³-hybridized carbons (Fsp3) is 0.500. The Labute approximate surface area is 141 Å². The molecule has 24 heavy (non-hydrogen) atoms. The number of hydrogen-bond donors (Lipinski definition) is 1. The number of nitrogens with zero attached hydrogens (tertiary/aromatic N) is 3. The first-order valence-corrected chi connectivity index (χ1v) is 8.12.